The third kappa shape index (κ3) is 3.56. The Kier molecular flexibility index (Phi) is 5.37. The molecule has 0 bridgehead atoms. The molecule has 1 fully saturated rings. The molecule has 0 spiro atoms. The summed E-state index contributed by atoms with van der Waals surface area (Å²) >= 11 is 0. The molecule has 1 aromatic carbocycles. The lowest BCUT2D eigenvalue weighted by Crippen LogP contribution is -2.47. The average molecular weight is 262 g/mol. The van der Waals surface area contributed by atoms with Crippen molar-refractivity contribution in [3.63, 3.8) is 0 Å². The predicted octanol–water partition coefficient (Wildman–Crippen LogP) is 2.37. The van der Waals surface area contributed by atoms with Crippen molar-refractivity contribution in [2.45, 2.75) is 32.4 Å². The molecule has 0 amide bonds. The van der Waals surface area contributed by atoms with E-state index in [1.165, 1.54) is 11.1 Å². The summed E-state index contributed by atoms with van der Waals surface area (Å²) in [6.07, 6.45) is 1.41. The summed E-state index contributed by atoms with van der Waals surface area (Å²) in [4.78, 5) is 2.42. The van der Waals surface area contributed by atoms with E-state index < -0.39 is 0 Å². The highest BCUT2D eigenvalue weighted by molar-refractivity contribution is 5.30. The molecule has 2 atom stereocenters. The van der Waals surface area contributed by atoms with Gasteiger partial charge in [0.05, 0.1) is 18.8 Å². The van der Waals surface area contributed by atoms with E-state index in [-0.39, 0.29) is 6.10 Å². The molecule has 1 heterocycles. The van der Waals surface area contributed by atoms with E-state index >= 15 is 0 Å². The molecule has 1 aliphatic heterocycles. The maximum atomic E-state index is 6.01. The number of hydrogen-bond acceptors (Lipinski definition) is 3. The third-order valence-corrected chi connectivity index (χ3v) is 3.88. The smallest absolute Gasteiger partial charge is 0.0896 e. The quantitative estimate of drug-likeness (QED) is 0.825. The average Bonchev–Trinajstić information content (AvgIpc) is 2.41. The second kappa shape index (κ2) is 7.04. The van der Waals surface area contributed by atoms with Crippen molar-refractivity contribution in [2.75, 3.05) is 33.3 Å². The highest BCUT2D eigenvalue weighted by Crippen LogP contribution is 2.30. The first kappa shape index (κ1) is 14.5. The number of aryl methyl sites for hydroxylation is 1. The number of rotatable bonds is 5. The zero-order chi connectivity index (χ0) is 13.7. The Morgan fingerprint density at radius 1 is 1.37 bits per heavy atom. The van der Waals surface area contributed by atoms with E-state index in [1.54, 1.807) is 0 Å². The van der Waals surface area contributed by atoms with Crippen LogP contribution in [0.5, 0.6) is 0 Å². The van der Waals surface area contributed by atoms with E-state index in [9.17, 15) is 0 Å². The van der Waals surface area contributed by atoms with E-state index in [4.69, 9.17) is 4.74 Å². The van der Waals surface area contributed by atoms with E-state index in [2.05, 4.69) is 55.4 Å². The van der Waals surface area contributed by atoms with Crippen molar-refractivity contribution in [2.24, 2.45) is 0 Å². The molecule has 1 aliphatic rings. The van der Waals surface area contributed by atoms with Gasteiger partial charge in [0, 0.05) is 13.1 Å². The summed E-state index contributed by atoms with van der Waals surface area (Å²) in [5.41, 5.74) is 2.75. The maximum absolute atomic E-state index is 6.01. The van der Waals surface area contributed by atoms with Crippen molar-refractivity contribution in [3.8, 4) is 0 Å². The topological polar surface area (TPSA) is 24.5 Å². The van der Waals surface area contributed by atoms with Crippen LogP contribution in [0, 0.1) is 6.92 Å². The van der Waals surface area contributed by atoms with Gasteiger partial charge in [0.25, 0.3) is 0 Å². The van der Waals surface area contributed by atoms with E-state index in [1.807, 2.05) is 0 Å². The Hall–Kier alpha value is -0.900. The standard InChI is InChI=1S/C16H26N2O/c1-4-9-17-12-15-16(18(3)10-11-19-15)14-8-6-5-7-13(14)2/h5-8,15-17H,4,9-12H2,1-3H3. The van der Waals surface area contributed by atoms with Crippen molar-refractivity contribution in [1.29, 1.82) is 0 Å². The highest BCUT2D eigenvalue weighted by Gasteiger charge is 2.31. The minimum Gasteiger partial charge on any atom is -0.374 e. The Labute approximate surface area is 116 Å². The zero-order valence-electron chi connectivity index (χ0n) is 12.4. The summed E-state index contributed by atoms with van der Waals surface area (Å²) in [6.45, 7) is 8.20. The molecular weight excluding hydrogens is 236 g/mol. The molecular formula is C16H26N2O. The van der Waals surface area contributed by atoms with Crippen LogP contribution in [-0.4, -0.2) is 44.3 Å². The van der Waals surface area contributed by atoms with E-state index in [0.717, 1.165) is 32.7 Å². The van der Waals surface area contributed by atoms with Gasteiger partial charge in [-0.25, -0.2) is 0 Å². The van der Waals surface area contributed by atoms with E-state index in [0.29, 0.717) is 6.04 Å². The largest absolute Gasteiger partial charge is 0.374 e. The molecule has 1 saturated heterocycles. The molecule has 2 unspecified atom stereocenters. The second-order valence-electron chi connectivity index (χ2n) is 5.40. The first-order valence-electron chi connectivity index (χ1n) is 7.32. The molecule has 19 heavy (non-hydrogen) atoms. The summed E-state index contributed by atoms with van der Waals surface area (Å²) < 4.78 is 6.01. The molecule has 2 rings (SSSR count). The van der Waals surface area contributed by atoms with Crippen LogP contribution in [0.3, 0.4) is 0 Å². The van der Waals surface area contributed by atoms with Crippen LogP contribution in [0.4, 0.5) is 0 Å². The zero-order valence-corrected chi connectivity index (χ0v) is 12.4. The molecule has 0 aliphatic carbocycles. The van der Waals surface area contributed by atoms with Gasteiger partial charge in [-0.05, 0) is 38.1 Å². The van der Waals surface area contributed by atoms with Crippen LogP contribution in [-0.2, 0) is 4.74 Å². The maximum Gasteiger partial charge on any atom is 0.0896 e. The summed E-state index contributed by atoms with van der Waals surface area (Å²) in [5.74, 6) is 0. The minimum atomic E-state index is 0.242. The summed E-state index contributed by atoms with van der Waals surface area (Å²) in [7, 11) is 2.20. The lowest BCUT2D eigenvalue weighted by molar-refractivity contribution is -0.0614. The van der Waals surface area contributed by atoms with Gasteiger partial charge in [0.15, 0.2) is 0 Å². The first-order valence-corrected chi connectivity index (χ1v) is 7.32. The molecule has 106 valence electrons. The summed E-state index contributed by atoms with van der Waals surface area (Å²) in [6, 6.07) is 9.01. The summed E-state index contributed by atoms with van der Waals surface area (Å²) in [5, 5.41) is 3.49. The van der Waals surface area contributed by atoms with Gasteiger partial charge in [0.2, 0.25) is 0 Å². The van der Waals surface area contributed by atoms with Gasteiger partial charge in [-0.3, -0.25) is 4.90 Å². The Morgan fingerprint density at radius 2 is 2.16 bits per heavy atom. The lowest BCUT2D eigenvalue weighted by Gasteiger charge is -2.40. The van der Waals surface area contributed by atoms with Gasteiger partial charge in [-0.2, -0.15) is 0 Å². The van der Waals surface area contributed by atoms with Crippen LogP contribution in [0.25, 0.3) is 0 Å². The van der Waals surface area contributed by atoms with Gasteiger partial charge >= 0.3 is 0 Å². The van der Waals surface area contributed by atoms with Gasteiger partial charge in [0.1, 0.15) is 0 Å². The fourth-order valence-electron chi connectivity index (χ4n) is 2.81. The predicted molar refractivity (Wildman–Crippen MR) is 79.5 cm³/mol. The molecule has 1 N–H and O–H groups in total. The number of likely N-dealkylation sites (N-methyl/N-ethyl adjacent to an activating group) is 1. The van der Waals surface area contributed by atoms with Crippen molar-refractivity contribution >= 4 is 0 Å². The van der Waals surface area contributed by atoms with Gasteiger partial charge < -0.3 is 10.1 Å². The Balaban J connectivity index is 2.14. The third-order valence-electron chi connectivity index (χ3n) is 3.88. The van der Waals surface area contributed by atoms with Crippen LogP contribution < -0.4 is 5.32 Å². The monoisotopic (exact) mass is 262 g/mol. The van der Waals surface area contributed by atoms with Crippen LogP contribution in [0.2, 0.25) is 0 Å². The number of benzene rings is 1. The number of nitrogens with one attached hydrogen (secondary N) is 1. The Bertz CT molecular complexity index is 394. The molecule has 3 nitrogen and oxygen atoms in total. The van der Waals surface area contributed by atoms with Crippen molar-refractivity contribution in [1.82, 2.24) is 10.2 Å². The van der Waals surface area contributed by atoms with Crippen molar-refractivity contribution < 1.29 is 4.74 Å². The minimum absolute atomic E-state index is 0.242. The molecule has 3 heteroatoms. The SMILES string of the molecule is CCCNCC1OCCN(C)C1c1ccccc1C. The molecule has 0 radical (unpaired) electrons. The number of ether oxygens (including phenoxy) is 1. The fourth-order valence-corrected chi connectivity index (χ4v) is 2.81. The first-order chi connectivity index (χ1) is 9.24. The van der Waals surface area contributed by atoms with Crippen molar-refractivity contribution in [3.05, 3.63) is 35.4 Å². The Morgan fingerprint density at radius 3 is 2.89 bits per heavy atom. The second-order valence-corrected chi connectivity index (χ2v) is 5.40. The molecule has 0 saturated carbocycles. The number of hydrogen-bond donors (Lipinski definition) is 1. The van der Waals surface area contributed by atoms with Gasteiger partial charge in [-0.1, -0.05) is 31.2 Å². The normalized spacial score (nSPS) is 24.6. The highest BCUT2D eigenvalue weighted by atomic mass is 16.5. The lowest BCUT2D eigenvalue weighted by atomic mass is 9.94. The fraction of sp³-hybridized carbons (Fsp3) is 0.625. The van der Waals surface area contributed by atoms with Crippen LogP contribution in [0.1, 0.15) is 30.5 Å². The van der Waals surface area contributed by atoms with Crippen LogP contribution in [0.15, 0.2) is 24.3 Å². The number of nitrogens with zero attached hydrogens (tertiary/aromatic N) is 1. The molecule has 0 aromatic heterocycles. The van der Waals surface area contributed by atoms with Crippen LogP contribution >= 0.6 is 0 Å². The van der Waals surface area contributed by atoms with Gasteiger partial charge in [-0.15, -0.1) is 0 Å². The number of morpholine rings is 1. The molecule has 1 aromatic rings.